The number of aromatic nitrogens is 3. The van der Waals surface area contributed by atoms with Crippen molar-refractivity contribution in [2.24, 2.45) is 0 Å². The summed E-state index contributed by atoms with van der Waals surface area (Å²) < 4.78 is 17.8. The van der Waals surface area contributed by atoms with E-state index in [1.807, 2.05) is 0 Å². The second-order valence-electron chi connectivity index (χ2n) is 4.13. The van der Waals surface area contributed by atoms with Gasteiger partial charge in [0.1, 0.15) is 5.82 Å². The zero-order valence-electron chi connectivity index (χ0n) is 10.7. The van der Waals surface area contributed by atoms with E-state index in [4.69, 9.17) is 0 Å². The van der Waals surface area contributed by atoms with Crippen LogP contribution in [0.4, 0.5) is 4.39 Å². The van der Waals surface area contributed by atoms with E-state index in [-0.39, 0.29) is 15.6 Å². The Kier molecular flexibility index (Phi) is 3.22. The Morgan fingerprint density at radius 3 is 2.81 bits per heavy atom. The number of carbonyl (C=O) groups is 2. The molecule has 0 aliphatic heterocycles. The summed E-state index contributed by atoms with van der Waals surface area (Å²) in [6.07, 6.45) is 1.48. The first-order valence-electron chi connectivity index (χ1n) is 5.83. The second kappa shape index (κ2) is 5.06. The largest absolute Gasteiger partial charge is 0.464 e. The first kappa shape index (κ1) is 13.4. The summed E-state index contributed by atoms with van der Waals surface area (Å²) in [4.78, 5) is 26.6. The van der Waals surface area contributed by atoms with Gasteiger partial charge in [-0.25, -0.2) is 9.18 Å². The fourth-order valence-electron chi connectivity index (χ4n) is 1.88. The van der Waals surface area contributed by atoms with Crippen LogP contribution in [0, 0.1) is 5.82 Å². The predicted molar refractivity (Wildman–Crippen MR) is 72.9 cm³/mol. The summed E-state index contributed by atoms with van der Waals surface area (Å²) in [6.45, 7) is 0. The van der Waals surface area contributed by atoms with Crippen LogP contribution in [-0.2, 0) is 4.74 Å². The number of hydrogen-bond donors (Lipinski definition) is 1. The summed E-state index contributed by atoms with van der Waals surface area (Å²) in [5.74, 6) is -1.53. The van der Waals surface area contributed by atoms with E-state index in [1.54, 1.807) is 6.07 Å². The molecule has 3 rings (SSSR count). The standard InChI is InChI=1S/C13H8FN3O3S/c1-20-13(19)12-17-16-11(21-12)10(18)8-5-15-9-3-2-6(14)4-7(8)9/h2-5,15H,1H3. The molecule has 0 aliphatic carbocycles. The van der Waals surface area contributed by atoms with Crippen LogP contribution in [0.1, 0.15) is 25.2 Å². The van der Waals surface area contributed by atoms with Gasteiger partial charge in [0.2, 0.25) is 10.8 Å². The smallest absolute Gasteiger partial charge is 0.369 e. The normalized spacial score (nSPS) is 10.8. The van der Waals surface area contributed by atoms with Crippen LogP contribution in [-0.4, -0.2) is 34.0 Å². The lowest BCUT2D eigenvalue weighted by atomic mass is 10.1. The fourth-order valence-corrected chi connectivity index (χ4v) is 2.60. The van der Waals surface area contributed by atoms with Crippen molar-refractivity contribution in [3.63, 3.8) is 0 Å². The van der Waals surface area contributed by atoms with Gasteiger partial charge in [0, 0.05) is 17.1 Å². The summed E-state index contributed by atoms with van der Waals surface area (Å²) in [7, 11) is 1.22. The molecule has 0 saturated heterocycles. The Hall–Kier alpha value is -2.61. The molecule has 0 atom stereocenters. The number of benzene rings is 1. The van der Waals surface area contributed by atoms with E-state index in [9.17, 15) is 14.0 Å². The van der Waals surface area contributed by atoms with Crippen molar-refractivity contribution in [3.8, 4) is 0 Å². The molecule has 6 nitrogen and oxygen atoms in total. The minimum absolute atomic E-state index is 0.00753. The highest BCUT2D eigenvalue weighted by atomic mass is 32.1. The highest BCUT2D eigenvalue weighted by molar-refractivity contribution is 7.15. The van der Waals surface area contributed by atoms with Gasteiger partial charge < -0.3 is 9.72 Å². The highest BCUT2D eigenvalue weighted by Gasteiger charge is 2.21. The number of ether oxygens (including phenoxy) is 1. The lowest BCUT2D eigenvalue weighted by Gasteiger charge is -1.95. The average Bonchev–Trinajstić information content (AvgIpc) is 3.12. The zero-order chi connectivity index (χ0) is 15.0. The number of rotatable bonds is 3. The van der Waals surface area contributed by atoms with Crippen molar-refractivity contribution < 1.29 is 18.7 Å². The first-order chi connectivity index (χ1) is 10.1. The van der Waals surface area contributed by atoms with E-state index in [1.165, 1.54) is 25.4 Å². The maximum absolute atomic E-state index is 13.3. The number of ketones is 1. The molecule has 106 valence electrons. The second-order valence-corrected chi connectivity index (χ2v) is 5.10. The van der Waals surface area contributed by atoms with Crippen LogP contribution >= 0.6 is 11.3 Å². The van der Waals surface area contributed by atoms with Gasteiger partial charge in [0.05, 0.1) is 12.7 Å². The van der Waals surface area contributed by atoms with Crippen LogP contribution in [0.25, 0.3) is 10.9 Å². The number of esters is 1. The van der Waals surface area contributed by atoms with Crippen molar-refractivity contribution >= 4 is 34.0 Å². The molecule has 0 bridgehead atoms. The van der Waals surface area contributed by atoms with E-state index in [0.717, 1.165) is 11.3 Å². The number of fused-ring (bicyclic) bond motifs is 1. The molecule has 3 aromatic rings. The van der Waals surface area contributed by atoms with Crippen molar-refractivity contribution in [2.75, 3.05) is 7.11 Å². The van der Waals surface area contributed by atoms with E-state index in [2.05, 4.69) is 19.9 Å². The first-order valence-corrected chi connectivity index (χ1v) is 6.65. The molecule has 1 N–H and O–H groups in total. The molecular weight excluding hydrogens is 297 g/mol. The van der Waals surface area contributed by atoms with Crippen molar-refractivity contribution in [1.82, 2.24) is 15.2 Å². The van der Waals surface area contributed by atoms with Crippen molar-refractivity contribution in [3.05, 3.63) is 45.8 Å². The van der Waals surface area contributed by atoms with Crippen LogP contribution in [0.5, 0.6) is 0 Å². The molecule has 0 spiro atoms. The molecule has 0 fully saturated rings. The van der Waals surface area contributed by atoms with Crippen LogP contribution in [0.15, 0.2) is 24.4 Å². The molecule has 2 heterocycles. The molecule has 0 amide bonds. The van der Waals surface area contributed by atoms with Gasteiger partial charge in [-0.3, -0.25) is 4.79 Å². The minimum atomic E-state index is -0.656. The number of carbonyl (C=O) groups excluding carboxylic acids is 2. The van der Waals surface area contributed by atoms with Gasteiger partial charge in [0.15, 0.2) is 5.01 Å². The summed E-state index contributed by atoms with van der Waals surface area (Å²) in [5.41, 5.74) is 0.912. The number of nitrogens with zero attached hydrogens (tertiary/aromatic N) is 2. The Morgan fingerprint density at radius 1 is 1.29 bits per heavy atom. The zero-order valence-corrected chi connectivity index (χ0v) is 11.5. The molecule has 0 radical (unpaired) electrons. The molecule has 1 aromatic carbocycles. The van der Waals surface area contributed by atoms with Gasteiger partial charge in [-0.15, -0.1) is 10.2 Å². The molecule has 21 heavy (non-hydrogen) atoms. The maximum Gasteiger partial charge on any atom is 0.369 e. The van der Waals surface area contributed by atoms with Crippen molar-refractivity contribution in [2.45, 2.75) is 0 Å². The monoisotopic (exact) mass is 305 g/mol. The van der Waals surface area contributed by atoms with Crippen LogP contribution in [0.2, 0.25) is 0 Å². The Morgan fingerprint density at radius 2 is 2.05 bits per heavy atom. The third kappa shape index (κ3) is 2.29. The van der Waals surface area contributed by atoms with E-state index < -0.39 is 17.6 Å². The predicted octanol–water partition coefficient (Wildman–Crippen LogP) is 2.18. The van der Waals surface area contributed by atoms with Gasteiger partial charge >= 0.3 is 5.97 Å². The topological polar surface area (TPSA) is 84.9 Å². The maximum atomic E-state index is 13.3. The molecule has 0 aliphatic rings. The number of methoxy groups -OCH3 is 1. The van der Waals surface area contributed by atoms with E-state index in [0.29, 0.717) is 10.9 Å². The molecule has 0 unspecified atom stereocenters. The lowest BCUT2D eigenvalue weighted by molar-refractivity contribution is 0.0599. The fraction of sp³-hybridized carbons (Fsp3) is 0.0769. The SMILES string of the molecule is COC(=O)c1nnc(C(=O)c2c[nH]c3ccc(F)cc23)s1. The van der Waals surface area contributed by atoms with Gasteiger partial charge in [0.25, 0.3) is 0 Å². The summed E-state index contributed by atoms with van der Waals surface area (Å²) >= 11 is 0.831. The van der Waals surface area contributed by atoms with Crippen LogP contribution < -0.4 is 0 Å². The van der Waals surface area contributed by atoms with Gasteiger partial charge in [-0.2, -0.15) is 0 Å². The number of hydrogen-bond acceptors (Lipinski definition) is 6. The molecule has 2 aromatic heterocycles. The van der Waals surface area contributed by atoms with Crippen molar-refractivity contribution in [1.29, 1.82) is 0 Å². The quantitative estimate of drug-likeness (QED) is 0.592. The number of aromatic amines is 1. The van der Waals surface area contributed by atoms with E-state index >= 15 is 0 Å². The molecule has 8 heteroatoms. The van der Waals surface area contributed by atoms with Crippen LogP contribution in [0.3, 0.4) is 0 Å². The Balaban J connectivity index is 2.02. The minimum Gasteiger partial charge on any atom is -0.464 e. The number of halogens is 1. The van der Waals surface area contributed by atoms with Gasteiger partial charge in [-0.05, 0) is 18.2 Å². The number of nitrogens with one attached hydrogen (secondary N) is 1. The lowest BCUT2D eigenvalue weighted by Crippen LogP contribution is -1.99. The van der Waals surface area contributed by atoms with Gasteiger partial charge in [-0.1, -0.05) is 11.3 Å². The Bertz CT molecular complexity index is 855. The molecular formula is C13H8FN3O3S. The Labute approximate surface area is 121 Å². The third-order valence-electron chi connectivity index (χ3n) is 2.87. The highest BCUT2D eigenvalue weighted by Crippen LogP contribution is 2.23. The average molecular weight is 305 g/mol. The summed E-state index contributed by atoms with van der Waals surface area (Å²) in [6, 6.07) is 4.11. The summed E-state index contributed by atoms with van der Waals surface area (Å²) in [5, 5.41) is 7.77. The number of H-pyrrole nitrogens is 1. The third-order valence-corrected chi connectivity index (χ3v) is 3.77. The molecule has 0 saturated carbocycles.